The molecule has 1 heterocycles. The molecular formula is C15H10N2O4S. The van der Waals surface area contributed by atoms with Crippen LogP contribution in [-0.4, -0.2) is 18.0 Å². The van der Waals surface area contributed by atoms with Crippen LogP contribution in [0.4, 0.5) is 5.69 Å². The number of esters is 1. The van der Waals surface area contributed by atoms with Crippen LogP contribution < -0.4 is 0 Å². The first kappa shape index (κ1) is 15.4. The van der Waals surface area contributed by atoms with E-state index in [0.29, 0.717) is 15.3 Å². The highest BCUT2D eigenvalue weighted by Crippen LogP contribution is 2.35. The van der Waals surface area contributed by atoms with Crippen molar-refractivity contribution >= 4 is 29.1 Å². The first-order valence-electron chi connectivity index (χ1n) is 6.10. The van der Waals surface area contributed by atoms with Crippen molar-refractivity contribution in [3.63, 3.8) is 0 Å². The molecule has 2 aromatic rings. The minimum atomic E-state index is -0.719. The van der Waals surface area contributed by atoms with Crippen molar-refractivity contribution in [3.05, 3.63) is 57.0 Å². The van der Waals surface area contributed by atoms with Gasteiger partial charge in [0.25, 0.3) is 5.69 Å². The van der Waals surface area contributed by atoms with Gasteiger partial charge in [0.2, 0.25) is 0 Å². The molecule has 0 bridgehead atoms. The van der Waals surface area contributed by atoms with E-state index in [1.807, 2.05) is 0 Å². The lowest BCUT2D eigenvalue weighted by molar-refractivity contribution is -0.384. The second kappa shape index (κ2) is 6.65. The molecule has 6 nitrogen and oxygen atoms in total. The average molecular weight is 314 g/mol. The van der Waals surface area contributed by atoms with Gasteiger partial charge in [0, 0.05) is 15.8 Å². The zero-order chi connectivity index (χ0) is 16.1. The Morgan fingerprint density at radius 3 is 2.73 bits per heavy atom. The normalized spacial score (nSPS) is 10.8. The van der Waals surface area contributed by atoms with Gasteiger partial charge in [0.05, 0.1) is 17.6 Å². The first-order valence-corrected chi connectivity index (χ1v) is 6.92. The minimum absolute atomic E-state index is 0.00774. The Hall–Kier alpha value is -2.98. The summed E-state index contributed by atoms with van der Waals surface area (Å²) in [5, 5.41) is 20.0. The van der Waals surface area contributed by atoms with Crippen LogP contribution >= 0.6 is 11.3 Å². The second-order valence-electron chi connectivity index (χ2n) is 4.14. The van der Waals surface area contributed by atoms with Gasteiger partial charge < -0.3 is 4.74 Å². The van der Waals surface area contributed by atoms with Crippen LogP contribution in [0.3, 0.4) is 0 Å². The molecule has 110 valence electrons. The zero-order valence-electron chi connectivity index (χ0n) is 11.5. The summed E-state index contributed by atoms with van der Waals surface area (Å²) >= 11 is 1.25. The predicted octanol–water partition coefficient (Wildman–Crippen LogP) is 3.40. The van der Waals surface area contributed by atoms with Crippen LogP contribution in [0.2, 0.25) is 0 Å². The largest absolute Gasteiger partial charge is 0.465 e. The highest BCUT2D eigenvalue weighted by atomic mass is 32.1. The first-order chi connectivity index (χ1) is 10.6. The molecule has 0 atom stereocenters. The monoisotopic (exact) mass is 314 g/mol. The Morgan fingerprint density at radius 2 is 2.09 bits per heavy atom. The molecule has 0 radical (unpaired) electrons. The van der Waals surface area contributed by atoms with Crippen LogP contribution in [-0.2, 0) is 9.53 Å². The molecule has 0 aliphatic rings. The van der Waals surface area contributed by atoms with Crippen LogP contribution in [0, 0.1) is 21.4 Å². The molecule has 0 saturated carbocycles. The van der Waals surface area contributed by atoms with Crippen molar-refractivity contribution in [2.45, 2.75) is 0 Å². The van der Waals surface area contributed by atoms with Crippen molar-refractivity contribution in [3.8, 4) is 16.5 Å². The Balaban J connectivity index is 2.42. The maximum absolute atomic E-state index is 11.4. The molecule has 22 heavy (non-hydrogen) atoms. The number of nitro groups is 1. The number of carbonyl (C=O) groups excluding carboxylic acids is 1. The van der Waals surface area contributed by atoms with E-state index in [9.17, 15) is 14.9 Å². The lowest BCUT2D eigenvalue weighted by atomic mass is 10.1. The third-order valence-corrected chi connectivity index (χ3v) is 3.87. The van der Waals surface area contributed by atoms with E-state index in [1.54, 1.807) is 36.4 Å². The van der Waals surface area contributed by atoms with E-state index in [-0.39, 0.29) is 11.3 Å². The maximum Gasteiger partial charge on any atom is 0.348 e. The van der Waals surface area contributed by atoms with Crippen molar-refractivity contribution < 1.29 is 14.5 Å². The van der Waals surface area contributed by atoms with E-state index >= 15 is 0 Å². The molecular weight excluding hydrogens is 304 g/mol. The quantitative estimate of drug-likeness (QED) is 0.283. The number of rotatable bonds is 4. The van der Waals surface area contributed by atoms with Crippen LogP contribution in [0.25, 0.3) is 16.5 Å². The number of thiophene rings is 1. The summed E-state index contributed by atoms with van der Waals surface area (Å²) < 4.78 is 4.50. The molecule has 0 unspecified atom stereocenters. The van der Waals surface area contributed by atoms with Gasteiger partial charge in [-0.05, 0) is 24.3 Å². The number of para-hydroxylation sites is 1. The van der Waals surface area contributed by atoms with Gasteiger partial charge in [-0.25, -0.2) is 4.79 Å². The SMILES string of the molecule is COC(=O)/C(C#N)=C/c1ccc(-c2ccccc2[N+](=O)[O-])s1. The lowest BCUT2D eigenvalue weighted by Gasteiger charge is -1.99. The Bertz CT molecular complexity index is 802. The summed E-state index contributed by atoms with van der Waals surface area (Å²) in [5.41, 5.74) is 0.376. The number of nitrogens with zero attached hydrogens (tertiary/aromatic N) is 2. The summed E-state index contributed by atoms with van der Waals surface area (Å²) in [7, 11) is 1.20. The average Bonchev–Trinajstić information content (AvgIpc) is 3.00. The van der Waals surface area contributed by atoms with E-state index in [1.165, 1.54) is 30.6 Å². The molecule has 2 rings (SSSR count). The number of carbonyl (C=O) groups is 1. The summed E-state index contributed by atoms with van der Waals surface area (Å²) in [4.78, 5) is 23.3. The molecule has 0 aliphatic heterocycles. The summed E-state index contributed by atoms with van der Waals surface area (Å²) in [5.74, 6) is -0.719. The summed E-state index contributed by atoms with van der Waals surface area (Å²) in [6.45, 7) is 0. The lowest BCUT2D eigenvalue weighted by Crippen LogP contribution is -2.02. The van der Waals surface area contributed by atoms with Crippen molar-refractivity contribution in [2.24, 2.45) is 0 Å². The second-order valence-corrected chi connectivity index (χ2v) is 5.25. The molecule has 1 aromatic carbocycles. The molecule has 0 spiro atoms. The van der Waals surface area contributed by atoms with E-state index < -0.39 is 10.9 Å². The zero-order valence-corrected chi connectivity index (χ0v) is 12.3. The van der Waals surface area contributed by atoms with Crippen molar-refractivity contribution in [1.29, 1.82) is 5.26 Å². The van der Waals surface area contributed by atoms with Gasteiger partial charge in [-0.3, -0.25) is 10.1 Å². The summed E-state index contributed by atoms with van der Waals surface area (Å²) in [6, 6.07) is 11.6. The van der Waals surface area contributed by atoms with Gasteiger partial charge >= 0.3 is 5.97 Å². The van der Waals surface area contributed by atoms with Crippen LogP contribution in [0.1, 0.15) is 4.88 Å². The Kier molecular flexibility index (Phi) is 4.66. The van der Waals surface area contributed by atoms with E-state index in [4.69, 9.17) is 5.26 Å². The third kappa shape index (κ3) is 3.19. The summed E-state index contributed by atoms with van der Waals surface area (Å²) in [6.07, 6.45) is 1.40. The molecule has 0 fully saturated rings. The maximum atomic E-state index is 11.4. The topological polar surface area (TPSA) is 93.2 Å². The highest BCUT2D eigenvalue weighted by Gasteiger charge is 2.16. The Labute approximate surface area is 130 Å². The van der Waals surface area contributed by atoms with E-state index in [2.05, 4.69) is 4.74 Å². The number of ether oxygens (including phenoxy) is 1. The molecule has 7 heteroatoms. The molecule has 0 saturated heterocycles. The predicted molar refractivity (Wildman–Crippen MR) is 82.0 cm³/mol. The molecule has 0 N–H and O–H groups in total. The fourth-order valence-corrected chi connectivity index (χ4v) is 2.79. The van der Waals surface area contributed by atoms with Crippen LogP contribution in [0.15, 0.2) is 42.0 Å². The highest BCUT2D eigenvalue weighted by molar-refractivity contribution is 7.16. The number of hydrogen-bond acceptors (Lipinski definition) is 6. The van der Waals surface area contributed by atoms with Gasteiger partial charge in [-0.2, -0.15) is 5.26 Å². The van der Waals surface area contributed by atoms with Gasteiger partial charge in [-0.15, -0.1) is 11.3 Å². The van der Waals surface area contributed by atoms with Gasteiger partial charge in [-0.1, -0.05) is 12.1 Å². The standard InChI is InChI=1S/C15H10N2O4S/c1-21-15(18)10(9-16)8-11-6-7-14(22-11)12-4-2-3-5-13(12)17(19)20/h2-8H,1H3/b10-8+. The van der Waals surface area contributed by atoms with E-state index in [0.717, 1.165) is 0 Å². The minimum Gasteiger partial charge on any atom is -0.465 e. The van der Waals surface area contributed by atoms with Crippen molar-refractivity contribution in [2.75, 3.05) is 7.11 Å². The fraction of sp³-hybridized carbons (Fsp3) is 0.0667. The molecule has 1 aromatic heterocycles. The smallest absolute Gasteiger partial charge is 0.348 e. The number of benzene rings is 1. The number of hydrogen-bond donors (Lipinski definition) is 0. The molecule has 0 amide bonds. The number of nitriles is 1. The van der Waals surface area contributed by atoms with Crippen LogP contribution in [0.5, 0.6) is 0 Å². The third-order valence-electron chi connectivity index (χ3n) is 2.81. The molecule has 0 aliphatic carbocycles. The fourth-order valence-electron chi connectivity index (χ4n) is 1.81. The van der Waals surface area contributed by atoms with Gasteiger partial charge in [0.1, 0.15) is 11.6 Å². The number of methoxy groups -OCH3 is 1. The van der Waals surface area contributed by atoms with Gasteiger partial charge in [0.15, 0.2) is 0 Å². The number of nitro benzene ring substituents is 1. The van der Waals surface area contributed by atoms with Crippen molar-refractivity contribution in [1.82, 2.24) is 0 Å². The Morgan fingerprint density at radius 1 is 1.36 bits per heavy atom.